The molecule has 94 valence electrons. The van der Waals surface area contributed by atoms with Gasteiger partial charge in [0.05, 0.1) is 18.0 Å². The second-order valence-electron chi connectivity index (χ2n) is 4.43. The first kappa shape index (κ1) is 12.5. The number of hydrogen-bond donors (Lipinski definition) is 1. The van der Waals surface area contributed by atoms with Crippen molar-refractivity contribution < 1.29 is 4.79 Å². The third-order valence-corrected chi connectivity index (χ3v) is 3.68. The minimum Gasteiger partial charge on any atom is -0.310 e. The van der Waals surface area contributed by atoms with Gasteiger partial charge in [-0.05, 0) is 19.1 Å². The van der Waals surface area contributed by atoms with E-state index in [1.54, 1.807) is 6.20 Å². The maximum Gasteiger partial charge on any atom is 0.235 e. The van der Waals surface area contributed by atoms with E-state index in [4.69, 9.17) is 0 Å². The number of anilines is 1. The van der Waals surface area contributed by atoms with Gasteiger partial charge >= 0.3 is 0 Å². The van der Waals surface area contributed by atoms with Crippen molar-refractivity contribution in [3.05, 3.63) is 12.3 Å². The minimum atomic E-state index is 0.0510. The van der Waals surface area contributed by atoms with Crippen molar-refractivity contribution in [2.45, 2.75) is 38.1 Å². The van der Waals surface area contributed by atoms with Crippen LogP contribution in [0.15, 0.2) is 12.3 Å². The molecular formula is C12H19N3OS. The van der Waals surface area contributed by atoms with E-state index in [0.29, 0.717) is 11.8 Å². The Kier molecular flexibility index (Phi) is 4.48. The largest absolute Gasteiger partial charge is 0.310 e. The van der Waals surface area contributed by atoms with Gasteiger partial charge in [-0.2, -0.15) is 16.9 Å². The molecule has 1 N–H and O–H groups in total. The summed E-state index contributed by atoms with van der Waals surface area (Å²) in [5.74, 6) is 1.39. The molecule has 4 nitrogen and oxygen atoms in total. The molecule has 0 spiro atoms. The molecule has 1 aliphatic carbocycles. The first-order valence-electron chi connectivity index (χ1n) is 6.13. The van der Waals surface area contributed by atoms with E-state index in [1.807, 2.05) is 17.0 Å². The zero-order valence-corrected chi connectivity index (χ0v) is 11.0. The third-order valence-electron chi connectivity index (χ3n) is 3.13. The van der Waals surface area contributed by atoms with E-state index < -0.39 is 0 Å². The van der Waals surface area contributed by atoms with Crippen molar-refractivity contribution in [1.82, 2.24) is 9.78 Å². The molecule has 2 rings (SSSR count). The van der Waals surface area contributed by atoms with Crippen LogP contribution in [0.2, 0.25) is 0 Å². The Bertz CT molecular complexity index is 372. The Hall–Kier alpha value is -0.970. The van der Waals surface area contributed by atoms with Crippen LogP contribution in [-0.4, -0.2) is 27.7 Å². The predicted octanol–water partition coefficient (Wildman–Crippen LogP) is 2.69. The Labute approximate surface area is 106 Å². The van der Waals surface area contributed by atoms with Crippen LogP contribution < -0.4 is 5.32 Å². The number of thioether (sulfide) groups is 1. The lowest BCUT2D eigenvalue weighted by molar-refractivity contribution is -0.113. The Morgan fingerprint density at radius 3 is 3.00 bits per heavy atom. The molecule has 1 aliphatic rings. The van der Waals surface area contributed by atoms with Crippen molar-refractivity contribution in [1.29, 1.82) is 0 Å². The summed E-state index contributed by atoms with van der Waals surface area (Å²) < 4.78 is 1.98. The number of carbonyl (C=O) groups is 1. The van der Waals surface area contributed by atoms with Crippen LogP contribution in [0.4, 0.5) is 5.82 Å². The van der Waals surface area contributed by atoms with Gasteiger partial charge in [-0.15, -0.1) is 0 Å². The number of rotatable bonds is 4. The molecule has 1 fully saturated rings. The maximum atomic E-state index is 11.6. The number of hydrogen-bond acceptors (Lipinski definition) is 3. The van der Waals surface area contributed by atoms with Gasteiger partial charge in [0.25, 0.3) is 0 Å². The molecule has 1 heterocycles. The molecule has 0 bridgehead atoms. The van der Waals surface area contributed by atoms with Crippen LogP contribution in [0.5, 0.6) is 0 Å². The van der Waals surface area contributed by atoms with Crippen LogP contribution in [0.25, 0.3) is 0 Å². The monoisotopic (exact) mass is 253 g/mol. The Balaban J connectivity index is 2.02. The smallest absolute Gasteiger partial charge is 0.235 e. The highest BCUT2D eigenvalue weighted by atomic mass is 32.2. The first-order chi connectivity index (χ1) is 8.31. The molecule has 0 aromatic carbocycles. The van der Waals surface area contributed by atoms with Crippen molar-refractivity contribution >= 4 is 23.5 Å². The number of carbonyl (C=O) groups excluding carboxylic acids is 1. The molecule has 0 unspecified atom stereocenters. The molecule has 0 radical (unpaired) electrons. The Morgan fingerprint density at radius 2 is 2.29 bits per heavy atom. The molecule has 1 aromatic rings. The molecule has 1 amide bonds. The van der Waals surface area contributed by atoms with Crippen molar-refractivity contribution in [2.24, 2.45) is 0 Å². The van der Waals surface area contributed by atoms with Gasteiger partial charge in [0.15, 0.2) is 0 Å². The fourth-order valence-corrected chi connectivity index (χ4v) is 2.67. The molecule has 1 saturated carbocycles. The van der Waals surface area contributed by atoms with Crippen molar-refractivity contribution in [2.75, 3.05) is 17.3 Å². The summed E-state index contributed by atoms with van der Waals surface area (Å²) in [5.41, 5.74) is 0. The molecule has 0 saturated heterocycles. The van der Waals surface area contributed by atoms with E-state index in [0.717, 1.165) is 5.82 Å². The number of amides is 1. The molecule has 0 atom stereocenters. The number of nitrogens with zero attached hydrogens (tertiary/aromatic N) is 2. The first-order valence-corrected chi connectivity index (χ1v) is 7.53. The fraction of sp³-hybridized carbons (Fsp3) is 0.667. The highest BCUT2D eigenvalue weighted by Crippen LogP contribution is 2.29. The summed E-state index contributed by atoms with van der Waals surface area (Å²) >= 11 is 1.53. The van der Waals surface area contributed by atoms with Gasteiger partial charge in [0.2, 0.25) is 5.91 Å². The second kappa shape index (κ2) is 6.10. The molecular weight excluding hydrogens is 234 g/mol. The molecule has 0 aliphatic heterocycles. The lowest BCUT2D eigenvalue weighted by Gasteiger charge is -2.23. The van der Waals surface area contributed by atoms with Crippen LogP contribution in [-0.2, 0) is 4.79 Å². The van der Waals surface area contributed by atoms with Gasteiger partial charge in [-0.25, -0.2) is 4.68 Å². The predicted molar refractivity (Wildman–Crippen MR) is 71.4 cm³/mol. The van der Waals surface area contributed by atoms with E-state index >= 15 is 0 Å². The SMILES string of the molecule is CSCC(=O)Nc1ccnn1C1CCCCC1. The minimum absolute atomic E-state index is 0.0510. The lowest BCUT2D eigenvalue weighted by Crippen LogP contribution is -2.21. The zero-order valence-electron chi connectivity index (χ0n) is 10.2. The average molecular weight is 253 g/mol. The van der Waals surface area contributed by atoms with E-state index in [1.165, 1.54) is 43.9 Å². The molecule has 17 heavy (non-hydrogen) atoms. The van der Waals surface area contributed by atoms with Gasteiger partial charge in [-0.3, -0.25) is 4.79 Å². The van der Waals surface area contributed by atoms with Gasteiger partial charge in [-0.1, -0.05) is 19.3 Å². The molecule has 1 aromatic heterocycles. The Morgan fingerprint density at radius 1 is 1.53 bits per heavy atom. The maximum absolute atomic E-state index is 11.6. The summed E-state index contributed by atoms with van der Waals surface area (Å²) in [5, 5.41) is 7.28. The summed E-state index contributed by atoms with van der Waals surface area (Å²) in [6.07, 6.45) is 9.90. The van der Waals surface area contributed by atoms with Crippen LogP contribution in [0.1, 0.15) is 38.1 Å². The fourth-order valence-electron chi connectivity index (χ4n) is 2.34. The summed E-state index contributed by atoms with van der Waals surface area (Å²) in [6, 6.07) is 2.34. The highest BCUT2D eigenvalue weighted by Gasteiger charge is 2.18. The lowest BCUT2D eigenvalue weighted by atomic mass is 9.96. The highest BCUT2D eigenvalue weighted by molar-refractivity contribution is 7.99. The van der Waals surface area contributed by atoms with Crippen LogP contribution in [0, 0.1) is 0 Å². The number of aromatic nitrogens is 2. The second-order valence-corrected chi connectivity index (χ2v) is 5.30. The van der Waals surface area contributed by atoms with Crippen LogP contribution >= 0.6 is 11.8 Å². The quantitative estimate of drug-likeness (QED) is 0.897. The molecule has 5 heteroatoms. The summed E-state index contributed by atoms with van der Waals surface area (Å²) in [4.78, 5) is 11.6. The summed E-state index contributed by atoms with van der Waals surface area (Å²) in [7, 11) is 0. The third kappa shape index (κ3) is 3.25. The van der Waals surface area contributed by atoms with E-state index in [9.17, 15) is 4.79 Å². The van der Waals surface area contributed by atoms with Crippen molar-refractivity contribution in [3.8, 4) is 0 Å². The standard InChI is InChI=1S/C12H19N3OS/c1-17-9-12(16)14-11-7-8-13-15(11)10-5-3-2-4-6-10/h7-8,10H,2-6,9H2,1H3,(H,14,16). The van der Waals surface area contributed by atoms with Gasteiger partial charge in [0.1, 0.15) is 5.82 Å². The zero-order chi connectivity index (χ0) is 12.1. The van der Waals surface area contributed by atoms with Gasteiger partial charge in [0, 0.05) is 6.07 Å². The average Bonchev–Trinajstić information content (AvgIpc) is 2.78. The van der Waals surface area contributed by atoms with Crippen molar-refractivity contribution in [3.63, 3.8) is 0 Å². The summed E-state index contributed by atoms with van der Waals surface area (Å²) in [6.45, 7) is 0. The number of nitrogens with one attached hydrogen (secondary N) is 1. The van der Waals surface area contributed by atoms with E-state index in [-0.39, 0.29) is 5.91 Å². The normalized spacial score (nSPS) is 17.0. The van der Waals surface area contributed by atoms with E-state index in [2.05, 4.69) is 10.4 Å². The van der Waals surface area contributed by atoms with Crippen LogP contribution in [0.3, 0.4) is 0 Å². The van der Waals surface area contributed by atoms with Gasteiger partial charge < -0.3 is 5.32 Å². The topological polar surface area (TPSA) is 46.9 Å².